The maximum atomic E-state index is 12.9. The van der Waals surface area contributed by atoms with Gasteiger partial charge in [0, 0.05) is 18.7 Å². The minimum atomic E-state index is -3.70. The summed E-state index contributed by atoms with van der Waals surface area (Å²) in [4.78, 5) is 17.1. The highest BCUT2D eigenvalue weighted by atomic mass is 35.5. The van der Waals surface area contributed by atoms with Gasteiger partial charge < -0.3 is 9.15 Å². The molecule has 1 aliphatic heterocycles. The fourth-order valence-corrected chi connectivity index (χ4v) is 5.29. The average molecular weight is 475 g/mol. The summed E-state index contributed by atoms with van der Waals surface area (Å²) >= 11 is 6.18. The number of rotatable bonds is 6. The van der Waals surface area contributed by atoms with Crippen LogP contribution in [-0.2, 0) is 21.4 Å². The number of oxazole rings is 1. The molecule has 0 N–H and O–H groups in total. The van der Waals surface area contributed by atoms with Crippen molar-refractivity contribution in [2.45, 2.75) is 37.7 Å². The molecular formula is C23H23ClN2O5S. The lowest BCUT2D eigenvalue weighted by atomic mass is 10.2. The second kappa shape index (κ2) is 9.44. The standard InChI is InChI=1S/C23H23ClN2O5S/c1-16-21(25-22(31-16)17-8-4-2-5-9-17)15-30-23(27)19-14-18(10-11-20(19)24)32(28,29)26-12-6-3-7-13-26/h2,4-5,8-11,14H,3,6-7,12-13,15H2,1H3. The van der Waals surface area contributed by atoms with Gasteiger partial charge in [-0.25, -0.2) is 18.2 Å². The summed E-state index contributed by atoms with van der Waals surface area (Å²) < 4.78 is 38.4. The number of piperidine rings is 1. The van der Waals surface area contributed by atoms with Gasteiger partial charge in [-0.05, 0) is 50.1 Å². The smallest absolute Gasteiger partial charge is 0.340 e. The van der Waals surface area contributed by atoms with E-state index in [9.17, 15) is 13.2 Å². The number of ether oxygens (including phenoxy) is 1. The summed E-state index contributed by atoms with van der Waals surface area (Å²) in [5, 5.41) is 0.120. The van der Waals surface area contributed by atoms with Gasteiger partial charge in [0.25, 0.3) is 0 Å². The van der Waals surface area contributed by atoms with Gasteiger partial charge in [-0.1, -0.05) is 36.2 Å². The van der Waals surface area contributed by atoms with E-state index in [0.717, 1.165) is 24.8 Å². The van der Waals surface area contributed by atoms with Gasteiger partial charge in [0.15, 0.2) is 0 Å². The lowest BCUT2D eigenvalue weighted by Gasteiger charge is -2.26. The number of carbonyl (C=O) groups is 1. The van der Waals surface area contributed by atoms with Crippen molar-refractivity contribution in [3.05, 3.63) is 70.6 Å². The molecule has 0 radical (unpaired) electrons. The second-order valence-corrected chi connectivity index (χ2v) is 9.92. The van der Waals surface area contributed by atoms with E-state index in [1.54, 1.807) is 6.92 Å². The molecule has 1 aliphatic rings. The summed E-state index contributed by atoms with van der Waals surface area (Å²) in [6, 6.07) is 13.5. The second-order valence-electron chi connectivity index (χ2n) is 7.57. The van der Waals surface area contributed by atoms with Crippen LogP contribution < -0.4 is 0 Å². The molecular weight excluding hydrogens is 452 g/mol. The molecule has 0 spiro atoms. The average Bonchev–Trinajstić information content (AvgIpc) is 3.19. The minimum absolute atomic E-state index is 0.00539. The van der Waals surface area contributed by atoms with E-state index >= 15 is 0 Å². The van der Waals surface area contributed by atoms with Gasteiger partial charge in [-0.2, -0.15) is 4.31 Å². The van der Waals surface area contributed by atoms with Crippen LogP contribution in [0.4, 0.5) is 0 Å². The van der Waals surface area contributed by atoms with E-state index in [1.807, 2.05) is 30.3 Å². The molecule has 0 amide bonds. The number of benzene rings is 2. The largest absolute Gasteiger partial charge is 0.455 e. The zero-order chi connectivity index (χ0) is 22.7. The van der Waals surface area contributed by atoms with Crippen molar-refractivity contribution in [2.24, 2.45) is 0 Å². The number of aromatic nitrogens is 1. The van der Waals surface area contributed by atoms with Crippen LogP contribution in [0.5, 0.6) is 0 Å². The zero-order valence-electron chi connectivity index (χ0n) is 17.6. The molecule has 0 atom stereocenters. The maximum Gasteiger partial charge on any atom is 0.340 e. The Balaban J connectivity index is 1.50. The summed E-state index contributed by atoms with van der Waals surface area (Å²) in [7, 11) is -3.70. The topological polar surface area (TPSA) is 89.7 Å². The van der Waals surface area contributed by atoms with Crippen LogP contribution in [0.25, 0.3) is 11.5 Å². The maximum absolute atomic E-state index is 12.9. The van der Waals surface area contributed by atoms with Crippen LogP contribution in [0.1, 0.15) is 41.1 Å². The fourth-order valence-electron chi connectivity index (χ4n) is 3.55. The Labute approximate surface area is 192 Å². The monoisotopic (exact) mass is 474 g/mol. The van der Waals surface area contributed by atoms with Crippen LogP contribution in [0.3, 0.4) is 0 Å². The predicted octanol–water partition coefficient (Wildman–Crippen LogP) is 4.84. The highest BCUT2D eigenvalue weighted by Crippen LogP contribution is 2.26. The third-order valence-corrected chi connectivity index (χ3v) is 7.59. The molecule has 2 heterocycles. The van der Waals surface area contributed by atoms with Crippen LogP contribution in [-0.4, -0.2) is 36.8 Å². The Bertz CT molecular complexity index is 1220. The van der Waals surface area contributed by atoms with Crippen molar-refractivity contribution >= 4 is 27.6 Å². The molecule has 9 heteroatoms. The molecule has 0 bridgehead atoms. The lowest BCUT2D eigenvalue weighted by Crippen LogP contribution is -2.35. The van der Waals surface area contributed by atoms with E-state index in [-0.39, 0.29) is 22.1 Å². The fraction of sp³-hybridized carbons (Fsp3) is 0.304. The summed E-state index contributed by atoms with van der Waals surface area (Å²) in [6.07, 6.45) is 2.66. The number of carbonyl (C=O) groups excluding carboxylic acids is 1. The Morgan fingerprint density at radius 2 is 1.84 bits per heavy atom. The third-order valence-electron chi connectivity index (χ3n) is 5.36. The quantitative estimate of drug-likeness (QED) is 0.475. The number of hydrogen-bond acceptors (Lipinski definition) is 6. The first kappa shape index (κ1) is 22.5. The molecule has 0 unspecified atom stereocenters. The lowest BCUT2D eigenvalue weighted by molar-refractivity contribution is 0.0467. The highest BCUT2D eigenvalue weighted by Gasteiger charge is 2.27. The predicted molar refractivity (Wildman–Crippen MR) is 120 cm³/mol. The zero-order valence-corrected chi connectivity index (χ0v) is 19.2. The van der Waals surface area contributed by atoms with Crippen LogP contribution >= 0.6 is 11.6 Å². The van der Waals surface area contributed by atoms with Gasteiger partial charge in [0.1, 0.15) is 18.1 Å². The minimum Gasteiger partial charge on any atom is -0.455 e. The Morgan fingerprint density at radius 3 is 2.56 bits per heavy atom. The van der Waals surface area contributed by atoms with Crippen molar-refractivity contribution in [1.29, 1.82) is 0 Å². The summed E-state index contributed by atoms with van der Waals surface area (Å²) in [5.74, 6) is 0.236. The van der Waals surface area contributed by atoms with Gasteiger partial charge >= 0.3 is 5.97 Å². The number of nitrogens with zero attached hydrogens (tertiary/aromatic N) is 2. The molecule has 1 saturated heterocycles. The summed E-state index contributed by atoms with van der Waals surface area (Å²) in [5.41, 5.74) is 1.28. The number of esters is 1. The Morgan fingerprint density at radius 1 is 1.12 bits per heavy atom. The van der Waals surface area contributed by atoms with Gasteiger partial charge in [-0.15, -0.1) is 0 Å². The first-order chi connectivity index (χ1) is 15.4. The number of hydrogen-bond donors (Lipinski definition) is 0. The van der Waals surface area contributed by atoms with E-state index in [4.69, 9.17) is 20.8 Å². The van der Waals surface area contributed by atoms with Crippen molar-refractivity contribution in [2.75, 3.05) is 13.1 Å². The Kier molecular flexibility index (Phi) is 6.64. The molecule has 4 rings (SSSR count). The highest BCUT2D eigenvalue weighted by molar-refractivity contribution is 7.89. The Hall–Kier alpha value is -2.68. The first-order valence-electron chi connectivity index (χ1n) is 10.3. The third kappa shape index (κ3) is 4.72. The summed E-state index contributed by atoms with van der Waals surface area (Å²) in [6.45, 7) is 2.56. The molecule has 0 saturated carbocycles. The van der Waals surface area contributed by atoms with Gasteiger partial charge in [-0.3, -0.25) is 0 Å². The number of aryl methyl sites for hydroxylation is 1. The van der Waals surface area contributed by atoms with Crippen molar-refractivity contribution in [3.8, 4) is 11.5 Å². The number of sulfonamides is 1. The molecule has 3 aromatic rings. The molecule has 168 valence electrons. The normalized spacial score (nSPS) is 14.9. The molecule has 2 aromatic carbocycles. The molecule has 32 heavy (non-hydrogen) atoms. The van der Waals surface area contributed by atoms with Crippen molar-refractivity contribution in [1.82, 2.24) is 9.29 Å². The van der Waals surface area contributed by atoms with Gasteiger partial charge in [0.05, 0.1) is 15.5 Å². The molecule has 0 aliphatic carbocycles. The van der Waals surface area contributed by atoms with Crippen LogP contribution in [0, 0.1) is 6.92 Å². The van der Waals surface area contributed by atoms with Crippen LogP contribution in [0.2, 0.25) is 5.02 Å². The van der Waals surface area contributed by atoms with E-state index in [2.05, 4.69) is 4.98 Å². The van der Waals surface area contributed by atoms with Crippen molar-refractivity contribution in [3.63, 3.8) is 0 Å². The SMILES string of the molecule is Cc1oc(-c2ccccc2)nc1COC(=O)c1cc(S(=O)(=O)N2CCCCC2)ccc1Cl. The molecule has 1 fully saturated rings. The molecule has 7 nitrogen and oxygen atoms in total. The molecule has 1 aromatic heterocycles. The van der Waals surface area contributed by atoms with Crippen molar-refractivity contribution < 1.29 is 22.4 Å². The number of halogens is 1. The van der Waals surface area contributed by atoms with E-state index in [0.29, 0.717) is 30.4 Å². The van der Waals surface area contributed by atoms with E-state index < -0.39 is 16.0 Å². The van der Waals surface area contributed by atoms with Crippen LogP contribution in [0.15, 0.2) is 57.8 Å². The van der Waals surface area contributed by atoms with E-state index in [1.165, 1.54) is 22.5 Å². The van der Waals surface area contributed by atoms with Gasteiger partial charge in [0.2, 0.25) is 15.9 Å². The first-order valence-corrected chi connectivity index (χ1v) is 12.2.